The largest absolute Gasteiger partial charge is 0.378 e. The Labute approximate surface area is 58.5 Å². The van der Waals surface area contributed by atoms with Gasteiger partial charge in [0.05, 0.1) is 6.10 Å². The minimum Gasteiger partial charge on any atom is -0.378 e. The summed E-state index contributed by atoms with van der Waals surface area (Å²) in [5, 5.41) is 1.09. The normalized spacial score (nSPS) is 38.2. The van der Waals surface area contributed by atoms with Crippen LogP contribution in [0.1, 0.15) is 13.3 Å². The van der Waals surface area contributed by atoms with E-state index in [2.05, 4.69) is 22.9 Å². The maximum Gasteiger partial charge on any atom is 0.0583 e. The van der Waals surface area contributed by atoms with E-state index in [9.17, 15) is 0 Å². The highest BCUT2D eigenvalue weighted by molar-refractivity contribution is 9.09. The molecule has 1 fully saturated rings. The van der Waals surface area contributed by atoms with Crippen molar-refractivity contribution in [2.45, 2.75) is 19.4 Å². The quantitative estimate of drug-likeness (QED) is 0.557. The molecule has 0 N–H and O–H groups in total. The SMILES string of the molecule is CC1OCCC1CBr. The molecule has 1 heterocycles. The van der Waals surface area contributed by atoms with Gasteiger partial charge in [-0.15, -0.1) is 0 Å². The molecule has 0 saturated carbocycles. The maximum absolute atomic E-state index is 5.33. The Morgan fingerprint density at radius 2 is 2.50 bits per heavy atom. The fourth-order valence-corrected chi connectivity index (χ4v) is 1.83. The lowest BCUT2D eigenvalue weighted by Crippen LogP contribution is -2.11. The molecule has 2 unspecified atom stereocenters. The number of hydrogen-bond acceptors (Lipinski definition) is 1. The summed E-state index contributed by atoms with van der Waals surface area (Å²) in [6.07, 6.45) is 1.71. The number of ether oxygens (including phenoxy) is 1. The minimum absolute atomic E-state index is 0.481. The van der Waals surface area contributed by atoms with Crippen LogP contribution in [0.2, 0.25) is 0 Å². The molecule has 1 rings (SSSR count). The molecule has 0 bridgehead atoms. The van der Waals surface area contributed by atoms with Gasteiger partial charge in [-0.05, 0) is 19.3 Å². The van der Waals surface area contributed by atoms with Crippen molar-refractivity contribution in [1.82, 2.24) is 0 Å². The van der Waals surface area contributed by atoms with E-state index in [0.29, 0.717) is 6.10 Å². The third-order valence-corrected chi connectivity index (χ3v) is 2.56. The van der Waals surface area contributed by atoms with Gasteiger partial charge in [-0.2, -0.15) is 0 Å². The molecule has 1 aliphatic rings. The minimum atomic E-state index is 0.481. The first-order valence-electron chi connectivity index (χ1n) is 3.02. The zero-order valence-corrected chi connectivity index (χ0v) is 6.65. The molecule has 0 amide bonds. The summed E-state index contributed by atoms with van der Waals surface area (Å²) < 4.78 is 5.33. The van der Waals surface area contributed by atoms with Crippen LogP contribution in [-0.2, 0) is 4.74 Å². The average Bonchev–Trinajstić information content (AvgIpc) is 2.14. The number of rotatable bonds is 1. The molecule has 0 aromatic rings. The predicted molar refractivity (Wildman–Crippen MR) is 37.3 cm³/mol. The van der Waals surface area contributed by atoms with E-state index in [4.69, 9.17) is 4.74 Å². The summed E-state index contributed by atoms with van der Waals surface area (Å²) in [4.78, 5) is 0. The van der Waals surface area contributed by atoms with Crippen molar-refractivity contribution in [3.8, 4) is 0 Å². The fourth-order valence-electron chi connectivity index (χ4n) is 0.979. The molecular formula is C6H11BrO. The van der Waals surface area contributed by atoms with Crippen molar-refractivity contribution >= 4 is 15.9 Å². The van der Waals surface area contributed by atoms with Crippen molar-refractivity contribution in [1.29, 1.82) is 0 Å². The van der Waals surface area contributed by atoms with Gasteiger partial charge in [0.25, 0.3) is 0 Å². The molecule has 1 aliphatic heterocycles. The second-order valence-electron chi connectivity index (χ2n) is 2.28. The van der Waals surface area contributed by atoms with E-state index in [0.717, 1.165) is 17.9 Å². The van der Waals surface area contributed by atoms with Gasteiger partial charge in [0.1, 0.15) is 0 Å². The molecule has 0 aliphatic carbocycles. The van der Waals surface area contributed by atoms with E-state index < -0.39 is 0 Å². The van der Waals surface area contributed by atoms with Crippen molar-refractivity contribution in [3.63, 3.8) is 0 Å². The van der Waals surface area contributed by atoms with Gasteiger partial charge in [0.15, 0.2) is 0 Å². The lowest BCUT2D eigenvalue weighted by atomic mass is 10.1. The van der Waals surface area contributed by atoms with Crippen LogP contribution in [0.15, 0.2) is 0 Å². The van der Waals surface area contributed by atoms with E-state index in [1.165, 1.54) is 6.42 Å². The van der Waals surface area contributed by atoms with Gasteiger partial charge < -0.3 is 4.74 Å². The Morgan fingerprint density at radius 1 is 1.75 bits per heavy atom. The Morgan fingerprint density at radius 3 is 2.75 bits per heavy atom. The topological polar surface area (TPSA) is 9.23 Å². The molecule has 1 saturated heterocycles. The van der Waals surface area contributed by atoms with Crippen molar-refractivity contribution in [3.05, 3.63) is 0 Å². The summed E-state index contributed by atoms with van der Waals surface area (Å²) in [6, 6.07) is 0. The van der Waals surface area contributed by atoms with Crippen LogP contribution >= 0.6 is 15.9 Å². The summed E-state index contributed by atoms with van der Waals surface area (Å²) in [6.45, 7) is 3.09. The zero-order valence-electron chi connectivity index (χ0n) is 5.06. The van der Waals surface area contributed by atoms with Crippen LogP contribution in [0.4, 0.5) is 0 Å². The summed E-state index contributed by atoms with van der Waals surface area (Å²) >= 11 is 3.44. The van der Waals surface area contributed by atoms with Crippen LogP contribution in [0.5, 0.6) is 0 Å². The molecule has 2 atom stereocenters. The van der Waals surface area contributed by atoms with Gasteiger partial charge in [-0.25, -0.2) is 0 Å². The predicted octanol–water partition coefficient (Wildman–Crippen LogP) is 1.81. The molecular weight excluding hydrogens is 168 g/mol. The van der Waals surface area contributed by atoms with E-state index in [1.54, 1.807) is 0 Å². The second-order valence-corrected chi connectivity index (χ2v) is 2.93. The highest BCUT2D eigenvalue weighted by atomic mass is 79.9. The van der Waals surface area contributed by atoms with Crippen molar-refractivity contribution < 1.29 is 4.74 Å². The molecule has 0 aromatic carbocycles. The Balaban J connectivity index is 2.30. The third kappa shape index (κ3) is 1.23. The third-order valence-electron chi connectivity index (χ3n) is 1.73. The second kappa shape index (κ2) is 2.83. The highest BCUT2D eigenvalue weighted by Crippen LogP contribution is 2.21. The Kier molecular flexibility index (Phi) is 2.32. The van der Waals surface area contributed by atoms with Crippen molar-refractivity contribution in [2.75, 3.05) is 11.9 Å². The standard InChI is InChI=1S/C6H11BrO/c1-5-6(4-7)2-3-8-5/h5-6H,2-4H2,1H3. The van der Waals surface area contributed by atoms with E-state index >= 15 is 0 Å². The van der Waals surface area contributed by atoms with E-state index in [1.807, 2.05) is 0 Å². The monoisotopic (exact) mass is 178 g/mol. The van der Waals surface area contributed by atoms with Gasteiger partial charge in [-0.3, -0.25) is 0 Å². The van der Waals surface area contributed by atoms with Gasteiger partial charge in [0.2, 0.25) is 0 Å². The van der Waals surface area contributed by atoms with Crippen LogP contribution in [0.3, 0.4) is 0 Å². The first-order chi connectivity index (χ1) is 3.84. The Bertz CT molecular complexity index is 74.9. The summed E-state index contributed by atoms with van der Waals surface area (Å²) in [5.41, 5.74) is 0. The van der Waals surface area contributed by atoms with Gasteiger partial charge >= 0.3 is 0 Å². The van der Waals surface area contributed by atoms with Crippen LogP contribution < -0.4 is 0 Å². The average molecular weight is 179 g/mol. The van der Waals surface area contributed by atoms with Crippen LogP contribution in [-0.4, -0.2) is 18.0 Å². The molecule has 0 radical (unpaired) electrons. The highest BCUT2D eigenvalue weighted by Gasteiger charge is 2.22. The molecule has 1 nitrogen and oxygen atoms in total. The van der Waals surface area contributed by atoms with Gasteiger partial charge in [0, 0.05) is 11.9 Å². The van der Waals surface area contributed by atoms with Crippen LogP contribution in [0, 0.1) is 5.92 Å². The summed E-state index contributed by atoms with van der Waals surface area (Å²) in [5.74, 6) is 0.759. The first kappa shape index (κ1) is 6.56. The molecule has 2 heteroatoms. The number of hydrogen-bond donors (Lipinski definition) is 0. The molecule has 0 spiro atoms. The summed E-state index contributed by atoms with van der Waals surface area (Å²) in [7, 11) is 0. The molecule has 48 valence electrons. The molecule has 8 heavy (non-hydrogen) atoms. The lowest BCUT2D eigenvalue weighted by molar-refractivity contribution is 0.110. The Hall–Kier alpha value is 0.440. The van der Waals surface area contributed by atoms with Crippen LogP contribution in [0.25, 0.3) is 0 Å². The maximum atomic E-state index is 5.33. The first-order valence-corrected chi connectivity index (χ1v) is 4.14. The van der Waals surface area contributed by atoms with Gasteiger partial charge in [-0.1, -0.05) is 15.9 Å². The van der Waals surface area contributed by atoms with E-state index in [-0.39, 0.29) is 0 Å². The zero-order chi connectivity index (χ0) is 5.98. The van der Waals surface area contributed by atoms with Crippen molar-refractivity contribution in [2.24, 2.45) is 5.92 Å². The number of alkyl halides is 1. The smallest absolute Gasteiger partial charge is 0.0583 e. The molecule has 0 aromatic heterocycles. The number of halogens is 1. The lowest BCUT2D eigenvalue weighted by Gasteiger charge is -2.08. The fraction of sp³-hybridized carbons (Fsp3) is 1.00.